The zero-order valence-corrected chi connectivity index (χ0v) is 20.1. The molecule has 0 amide bonds. The van der Waals surface area contributed by atoms with E-state index in [9.17, 15) is 17.6 Å². The SMILES string of the molecule is CCCn1nc(N(c2ccc(C(F)(F)F)cc2Cl)[C@@H](CC2CC2)c2ccc(C)c(F)c2)nc1C. The van der Waals surface area contributed by atoms with Crippen LogP contribution in [0.1, 0.15) is 61.2 Å². The first-order chi connectivity index (χ1) is 16.1. The Morgan fingerprint density at radius 2 is 1.88 bits per heavy atom. The van der Waals surface area contributed by atoms with E-state index in [-0.39, 0.29) is 10.8 Å². The van der Waals surface area contributed by atoms with Crippen molar-refractivity contribution in [3.8, 4) is 0 Å². The standard InChI is InChI=1S/C25H27ClF4N4/c1-4-11-33-16(3)31-24(32-33)34(22-10-9-19(14-20(22)26)25(28,29)30)23(12-17-6-7-17)18-8-5-15(2)21(27)13-18/h5,8-10,13-14,17,23H,4,6-7,11-12H2,1-3H3/t23-/m0/s1. The van der Waals surface area contributed by atoms with Crippen molar-refractivity contribution in [3.63, 3.8) is 0 Å². The normalized spacial score (nSPS) is 14.9. The molecule has 1 aliphatic carbocycles. The average Bonchev–Trinajstić information content (AvgIpc) is 3.52. The van der Waals surface area contributed by atoms with E-state index in [1.165, 1.54) is 12.1 Å². The summed E-state index contributed by atoms with van der Waals surface area (Å²) in [5.74, 6) is 1.12. The number of aryl methyl sites for hydroxylation is 3. The molecule has 9 heteroatoms. The zero-order chi connectivity index (χ0) is 24.6. The summed E-state index contributed by atoms with van der Waals surface area (Å²) in [5, 5.41) is 4.60. The molecule has 1 saturated carbocycles. The molecule has 1 heterocycles. The molecule has 4 nitrogen and oxygen atoms in total. The lowest BCUT2D eigenvalue weighted by Gasteiger charge is -2.32. The second-order valence-electron chi connectivity index (χ2n) is 8.92. The van der Waals surface area contributed by atoms with E-state index in [0.717, 1.165) is 31.4 Å². The highest BCUT2D eigenvalue weighted by molar-refractivity contribution is 6.33. The maximum atomic E-state index is 14.6. The maximum Gasteiger partial charge on any atom is 0.416 e. The Bertz CT molecular complexity index is 1170. The highest BCUT2D eigenvalue weighted by atomic mass is 35.5. The highest BCUT2D eigenvalue weighted by Gasteiger charge is 2.36. The predicted octanol–water partition coefficient (Wildman–Crippen LogP) is 7.80. The molecule has 0 N–H and O–H groups in total. The monoisotopic (exact) mass is 494 g/mol. The summed E-state index contributed by atoms with van der Waals surface area (Å²) in [7, 11) is 0. The van der Waals surface area contributed by atoms with Gasteiger partial charge in [-0.3, -0.25) is 0 Å². The molecule has 3 aromatic rings. The van der Waals surface area contributed by atoms with E-state index in [1.807, 2.05) is 19.9 Å². The van der Waals surface area contributed by atoms with Crippen molar-refractivity contribution in [2.24, 2.45) is 5.92 Å². The van der Waals surface area contributed by atoms with Gasteiger partial charge >= 0.3 is 6.18 Å². The lowest BCUT2D eigenvalue weighted by molar-refractivity contribution is -0.137. The fourth-order valence-corrected chi connectivity index (χ4v) is 4.37. The third kappa shape index (κ3) is 5.22. The number of benzene rings is 2. The van der Waals surface area contributed by atoms with Crippen molar-refractivity contribution in [2.75, 3.05) is 4.90 Å². The van der Waals surface area contributed by atoms with E-state index in [0.29, 0.717) is 47.5 Å². The second kappa shape index (κ2) is 9.56. The molecule has 0 bridgehead atoms. The van der Waals surface area contributed by atoms with Crippen molar-refractivity contribution in [1.29, 1.82) is 0 Å². The van der Waals surface area contributed by atoms with Crippen LogP contribution in [0.4, 0.5) is 29.2 Å². The largest absolute Gasteiger partial charge is 0.416 e. The van der Waals surface area contributed by atoms with Crippen LogP contribution < -0.4 is 4.90 Å². The molecule has 0 spiro atoms. The van der Waals surface area contributed by atoms with Gasteiger partial charge < -0.3 is 4.90 Å². The van der Waals surface area contributed by atoms with Crippen LogP contribution in [0.5, 0.6) is 0 Å². The molecule has 1 aliphatic rings. The Hall–Kier alpha value is -2.61. The summed E-state index contributed by atoms with van der Waals surface area (Å²) in [6.45, 7) is 6.20. The number of halogens is 5. The van der Waals surface area contributed by atoms with Gasteiger partial charge in [0.25, 0.3) is 0 Å². The Morgan fingerprint density at radius 1 is 1.15 bits per heavy atom. The molecule has 0 radical (unpaired) electrons. The minimum Gasteiger partial charge on any atom is -0.300 e. The number of anilines is 2. The van der Waals surface area contributed by atoms with Crippen LogP contribution in [0.2, 0.25) is 5.02 Å². The zero-order valence-electron chi connectivity index (χ0n) is 19.3. The van der Waals surface area contributed by atoms with Gasteiger partial charge in [0.2, 0.25) is 5.95 Å². The van der Waals surface area contributed by atoms with Gasteiger partial charge in [0, 0.05) is 6.54 Å². The van der Waals surface area contributed by atoms with E-state index in [4.69, 9.17) is 11.6 Å². The van der Waals surface area contributed by atoms with Gasteiger partial charge in [-0.1, -0.05) is 43.5 Å². The van der Waals surface area contributed by atoms with Crippen molar-refractivity contribution < 1.29 is 17.6 Å². The van der Waals surface area contributed by atoms with E-state index in [1.54, 1.807) is 22.6 Å². The molecule has 1 atom stereocenters. The fraction of sp³-hybridized carbons (Fsp3) is 0.440. The second-order valence-corrected chi connectivity index (χ2v) is 9.33. The molecule has 0 aliphatic heterocycles. The van der Waals surface area contributed by atoms with E-state index >= 15 is 0 Å². The van der Waals surface area contributed by atoms with Crippen molar-refractivity contribution in [3.05, 3.63) is 69.8 Å². The van der Waals surface area contributed by atoms with Crippen molar-refractivity contribution >= 4 is 23.2 Å². The molecule has 0 unspecified atom stereocenters. The number of aromatic nitrogens is 3. The molecule has 0 saturated heterocycles. The topological polar surface area (TPSA) is 34.0 Å². The Morgan fingerprint density at radius 3 is 2.47 bits per heavy atom. The quantitative estimate of drug-likeness (QED) is 0.300. The molecular weight excluding hydrogens is 468 g/mol. The lowest BCUT2D eigenvalue weighted by atomic mass is 9.97. The Balaban J connectivity index is 1.88. The van der Waals surface area contributed by atoms with Crippen LogP contribution in [0.15, 0.2) is 36.4 Å². The molecule has 182 valence electrons. The van der Waals surface area contributed by atoms with Gasteiger partial charge in [0.15, 0.2) is 0 Å². The summed E-state index contributed by atoms with van der Waals surface area (Å²) in [6.07, 6.45) is -0.884. The van der Waals surface area contributed by atoms with Crippen LogP contribution in [0.25, 0.3) is 0 Å². The van der Waals surface area contributed by atoms with Crippen LogP contribution >= 0.6 is 11.6 Å². The van der Waals surface area contributed by atoms with Gasteiger partial charge in [-0.25, -0.2) is 9.07 Å². The average molecular weight is 495 g/mol. The van der Waals surface area contributed by atoms with Gasteiger partial charge in [-0.05, 0) is 68.0 Å². The summed E-state index contributed by atoms with van der Waals surface area (Å²) in [4.78, 5) is 6.40. The van der Waals surface area contributed by atoms with Gasteiger partial charge in [0.1, 0.15) is 11.6 Å². The first kappa shape index (κ1) is 24.5. The number of alkyl halides is 3. The number of hydrogen-bond donors (Lipinski definition) is 0. The van der Waals surface area contributed by atoms with E-state index < -0.39 is 17.8 Å². The highest BCUT2D eigenvalue weighted by Crippen LogP contribution is 2.46. The van der Waals surface area contributed by atoms with Crippen LogP contribution in [0.3, 0.4) is 0 Å². The Labute approximate surface area is 201 Å². The van der Waals surface area contributed by atoms with Crippen LogP contribution in [-0.4, -0.2) is 14.8 Å². The molecule has 1 aromatic heterocycles. The first-order valence-corrected chi connectivity index (χ1v) is 11.8. The summed E-state index contributed by atoms with van der Waals surface area (Å²) in [6, 6.07) is 7.94. The first-order valence-electron chi connectivity index (χ1n) is 11.4. The van der Waals surface area contributed by atoms with Gasteiger partial charge in [-0.15, -0.1) is 5.10 Å². The molecule has 1 fully saturated rings. The molecule has 2 aromatic carbocycles. The van der Waals surface area contributed by atoms with Crippen LogP contribution in [0, 0.1) is 25.6 Å². The number of hydrogen-bond acceptors (Lipinski definition) is 3. The van der Waals surface area contributed by atoms with Gasteiger partial charge in [-0.2, -0.15) is 18.2 Å². The minimum atomic E-state index is -4.52. The summed E-state index contributed by atoms with van der Waals surface area (Å²) >= 11 is 6.45. The van der Waals surface area contributed by atoms with E-state index in [2.05, 4.69) is 10.1 Å². The smallest absolute Gasteiger partial charge is 0.300 e. The molecule has 34 heavy (non-hydrogen) atoms. The Kier molecular flexibility index (Phi) is 6.90. The fourth-order valence-electron chi connectivity index (χ4n) is 4.10. The number of nitrogens with zero attached hydrogens (tertiary/aromatic N) is 4. The third-order valence-corrected chi connectivity index (χ3v) is 6.48. The number of rotatable bonds is 8. The molecular formula is C25H27ClF4N4. The predicted molar refractivity (Wildman–Crippen MR) is 125 cm³/mol. The minimum absolute atomic E-state index is 0.0623. The van der Waals surface area contributed by atoms with Gasteiger partial charge in [0.05, 0.1) is 22.3 Å². The lowest BCUT2D eigenvalue weighted by Crippen LogP contribution is -2.26. The van der Waals surface area contributed by atoms with Crippen LogP contribution in [-0.2, 0) is 12.7 Å². The maximum absolute atomic E-state index is 14.6. The van der Waals surface area contributed by atoms with Crippen molar-refractivity contribution in [1.82, 2.24) is 14.8 Å². The summed E-state index contributed by atoms with van der Waals surface area (Å²) in [5.41, 5.74) is 0.751. The molecule has 4 rings (SSSR count). The summed E-state index contributed by atoms with van der Waals surface area (Å²) < 4.78 is 56.3. The third-order valence-electron chi connectivity index (χ3n) is 6.18. The van der Waals surface area contributed by atoms with Crippen molar-refractivity contribution in [2.45, 2.75) is 65.2 Å².